The topological polar surface area (TPSA) is 59.9 Å². The molecule has 9 heteroatoms. The molecule has 0 amide bonds. The standard InChI is InChI=1S/C19H19F2N3O2S2/c1-26-15-11-14(7-8-16(15)28-17(20)21)12-27-19-23-22-18(25)24(19)10-9-13-5-3-2-4-6-13/h2-8,11,17H,9-10,12H2,1H3,(H,22,25). The number of ether oxygens (including phenoxy) is 1. The van der Waals surface area contributed by atoms with Gasteiger partial charge in [-0.1, -0.05) is 59.9 Å². The van der Waals surface area contributed by atoms with E-state index in [-0.39, 0.29) is 5.69 Å². The maximum absolute atomic E-state index is 12.6. The van der Waals surface area contributed by atoms with Crippen LogP contribution in [0.4, 0.5) is 8.78 Å². The van der Waals surface area contributed by atoms with Gasteiger partial charge in [0.15, 0.2) is 5.16 Å². The Bertz CT molecular complexity index is 961. The zero-order chi connectivity index (χ0) is 19.9. The zero-order valence-corrected chi connectivity index (χ0v) is 16.7. The number of methoxy groups -OCH3 is 1. The first-order valence-electron chi connectivity index (χ1n) is 8.50. The van der Waals surface area contributed by atoms with E-state index in [2.05, 4.69) is 10.2 Å². The number of thioether (sulfide) groups is 2. The number of hydrogen-bond donors (Lipinski definition) is 1. The largest absolute Gasteiger partial charge is 0.496 e. The fourth-order valence-corrected chi connectivity index (χ4v) is 4.15. The first-order valence-corrected chi connectivity index (χ1v) is 10.4. The summed E-state index contributed by atoms with van der Waals surface area (Å²) in [6.45, 7) is 0.523. The van der Waals surface area contributed by atoms with Gasteiger partial charge in [0.05, 0.1) is 12.0 Å². The Labute approximate surface area is 169 Å². The summed E-state index contributed by atoms with van der Waals surface area (Å²) in [5.74, 6) is -1.56. The van der Waals surface area contributed by atoms with Crippen molar-refractivity contribution in [3.63, 3.8) is 0 Å². The van der Waals surface area contributed by atoms with E-state index in [4.69, 9.17) is 4.74 Å². The fourth-order valence-electron chi connectivity index (χ4n) is 2.64. The third-order valence-electron chi connectivity index (χ3n) is 4.00. The molecule has 148 valence electrons. The Morgan fingerprint density at radius 1 is 1.18 bits per heavy atom. The second-order valence-corrected chi connectivity index (χ2v) is 7.83. The van der Waals surface area contributed by atoms with Crippen LogP contribution in [0.5, 0.6) is 5.75 Å². The zero-order valence-electron chi connectivity index (χ0n) is 15.1. The minimum Gasteiger partial charge on any atom is -0.496 e. The molecule has 3 aromatic rings. The van der Waals surface area contributed by atoms with Crippen LogP contribution in [0.1, 0.15) is 11.1 Å². The van der Waals surface area contributed by atoms with Crippen LogP contribution in [0.25, 0.3) is 0 Å². The minimum absolute atomic E-state index is 0.250. The van der Waals surface area contributed by atoms with Crippen molar-refractivity contribution in [2.45, 2.75) is 34.5 Å². The first kappa shape index (κ1) is 20.5. The van der Waals surface area contributed by atoms with Gasteiger partial charge in [-0.2, -0.15) is 8.78 Å². The molecule has 0 saturated heterocycles. The van der Waals surface area contributed by atoms with E-state index in [1.165, 1.54) is 18.9 Å². The van der Waals surface area contributed by atoms with Crippen LogP contribution < -0.4 is 10.4 Å². The van der Waals surface area contributed by atoms with Crippen LogP contribution in [0.15, 0.2) is 63.4 Å². The summed E-state index contributed by atoms with van der Waals surface area (Å²) < 4.78 is 32.0. The van der Waals surface area contributed by atoms with Gasteiger partial charge in [-0.15, -0.1) is 5.10 Å². The van der Waals surface area contributed by atoms with Crippen molar-refractivity contribution in [2.24, 2.45) is 0 Å². The fraction of sp³-hybridized carbons (Fsp3) is 0.263. The van der Waals surface area contributed by atoms with Crippen molar-refractivity contribution in [1.29, 1.82) is 0 Å². The minimum atomic E-state index is -2.50. The highest BCUT2D eigenvalue weighted by Gasteiger charge is 2.13. The Balaban J connectivity index is 1.67. The molecule has 0 unspecified atom stereocenters. The van der Waals surface area contributed by atoms with Gasteiger partial charge in [0.25, 0.3) is 5.76 Å². The number of nitrogens with zero attached hydrogens (tertiary/aromatic N) is 2. The maximum atomic E-state index is 12.6. The van der Waals surface area contributed by atoms with Crippen molar-refractivity contribution in [2.75, 3.05) is 7.11 Å². The molecule has 0 saturated carbocycles. The molecule has 1 aromatic heterocycles. The van der Waals surface area contributed by atoms with E-state index < -0.39 is 5.76 Å². The van der Waals surface area contributed by atoms with Crippen molar-refractivity contribution in [3.05, 3.63) is 70.1 Å². The molecule has 5 nitrogen and oxygen atoms in total. The Kier molecular flexibility index (Phi) is 7.16. The number of H-pyrrole nitrogens is 1. The normalized spacial score (nSPS) is 11.1. The molecule has 0 radical (unpaired) electrons. The van der Waals surface area contributed by atoms with Gasteiger partial charge in [-0.3, -0.25) is 4.57 Å². The number of rotatable bonds is 9. The Morgan fingerprint density at radius 3 is 2.68 bits per heavy atom. The number of alkyl halides is 2. The third-order valence-corrected chi connectivity index (χ3v) is 5.82. The monoisotopic (exact) mass is 423 g/mol. The van der Waals surface area contributed by atoms with Crippen LogP contribution in [0.3, 0.4) is 0 Å². The first-order chi connectivity index (χ1) is 13.6. The molecule has 0 aliphatic carbocycles. The van der Waals surface area contributed by atoms with Crippen LogP contribution in [-0.2, 0) is 18.7 Å². The van der Waals surface area contributed by atoms with E-state index in [0.717, 1.165) is 17.5 Å². The van der Waals surface area contributed by atoms with Crippen molar-refractivity contribution >= 4 is 23.5 Å². The van der Waals surface area contributed by atoms with E-state index in [1.54, 1.807) is 22.8 Å². The SMILES string of the molecule is COc1cc(CSc2n[nH]c(=O)n2CCc2ccccc2)ccc1SC(F)F. The van der Waals surface area contributed by atoms with Crippen LogP contribution >= 0.6 is 23.5 Å². The summed E-state index contributed by atoms with van der Waals surface area (Å²) in [6.07, 6.45) is 0.723. The van der Waals surface area contributed by atoms with E-state index in [1.807, 2.05) is 30.3 Å². The van der Waals surface area contributed by atoms with E-state index in [0.29, 0.717) is 39.9 Å². The van der Waals surface area contributed by atoms with E-state index >= 15 is 0 Å². The second-order valence-electron chi connectivity index (χ2n) is 5.85. The van der Waals surface area contributed by atoms with Crippen LogP contribution in [-0.4, -0.2) is 27.6 Å². The quantitative estimate of drug-likeness (QED) is 0.516. The third kappa shape index (κ3) is 5.39. The molecule has 0 spiro atoms. The highest BCUT2D eigenvalue weighted by molar-refractivity contribution is 7.99. The Hall–Kier alpha value is -2.26. The van der Waals surface area contributed by atoms with Crippen molar-refractivity contribution in [1.82, 2.24) is 14.8 Å². The maximum Gasteiger partial charge on any atom is 0.343 e. The number of benzene rings is 2. The summed E-state index contributed by atoms with van der Waals surface area (Å²) in [5.41, 5.74) is 1.79. The number of aromatic nitrogens is 3. The lowest BCUT2D eigenvalue weighted by Crippen LogP contribution is -2.18. The predicted octanol–water partition coefficient (Wildman–Crippen LogP) is 4.43. The van der Waals surface area contributed by atoms with Gasteiger partial charge in [-0.25, -0.2) is 9.89 Å². The molecule has 3 rings (SSSR count). The lowest BCUT2D eigenvalue weighted by molar-refractivity contribution is 0.251. The summed E-state index contributed by atoms with van der Waals surface area (Å²) in [7, 11) is 1.46. The summed E-state index contributed by atoms with van der Waals surface area (Å²) >= 11 is 1.86. The van der Waals surface area contributed by atoms with Gasteiger partial charge >= 0.3 is 5.69 Å². The smallest absolute Gasteiger partial charge is 0.343 e. The van der Waals surface area contributed by atoms with Crippen molar-refractivity contribution in [3.8, 4) is 5.75 Å². The number of aryl methyl sites for hydroxylation is 1. The number of nitrogens with one attached hydrogen (secondary N) is 1. The molecule has 1 N–H and O–H groups in total. The average molecular weight is 424 g/mol. The van der Waals surface area contributed by atoms with Gasteiger partial charge in [0.2, 0.25) is 0 Å². The van der Waals surface area contributed by atoms with Crippen LogP contribution in [0.2, 0.25) is 0 Å². The van der Waals surface area contributed by atoms with Crippen LogP contribution in [0, 0.1) is 0 Å². The van der Waals surface area contributed by atoms with Gasteiger partial charge in [0.1, 0.15) is 5.75 Å². The van der Waals surface area contributed by atoms with Gasteiger partial charge < -0.3 is 4.74 Å². The van der Waals surface area contributed by atoms with Gasteiger partial charge in [-0.05, 0) is 29.7 Å². The number of hydrogen-bond acceptors (Lipinski definition) is 5. The van der Waals surface area contributed by atoms with Crippen molar-refractivity contribution < 1.29 is 13.5 Å². The summed E-state index contributed by atoms with van der Waals surface area (Å²) in [6, 6.07) is 15.0. The lowest BCUT2D eigenvalue weighted by Gasteiger charge is -2.10. The average Bonchev–Trinajstić information content (AvgIpc) is 3.05. The predicted molar refractivity (Wildman–Crippen MR) is 107 cm³/mol. The molecule has 0 atom stereocenters. The number of aromatic amines is 1. The Morgan fingerprint density at radius 2 is 1.96 bits per heavy atom. The molecule has 0 aliphatic heterocycles. The molecule has 2 aromatic carbocycles. The molecule has 0 bridgehead atoms. The molecular formula is C19H19F2N3O2S2. The van der Waals surface area contributed by atoms with E-state index in [9.17, 15) is 13.6 Å². The second kappa shape index (κ2) is 9.79. The molecule has 28 heavy (non-hydrogen) atoms. The highest BCUT2D eigenvalue weighted by atomic mass is 32.2. The summed E-state index contributed by atoms with van der Waals surface area (Å²) in [4.78, 5) is 12.5. The molecule has 0 fully saturated rings. The van der Waals surface area contributed by atoms with Gasteiger partial charge in [0, 0.05) is 12.3 Å². The molecular weight excluding hydrogens is 404 g/mol. The molecule has 1 heterocycles. The number of halogens is 2. The lowest BCUT2D eigenvalue weighted by atomic mass is 10.1. The highest BCUT2D eigenvalue weighted by Crippen LogP contribution is 2.35. The summed E-state index contributed by atoms with van der Waals surface area (Å²) in [5, 5.41) is 7.17. The molecule has 0 aliphatic rings.